The Morgan fingerprint density at radius 2 is 1.74 bits per heavy atom. The molecule has 1 aromatic heterocycles. The number of nitrogens with zero attached hydrogens (tertiary/aromatic N) is 1. The van der Waals surface area contributed by atoms with Gasteiger partial charge in [0.15, 0.2) is 6.29 Å². The van der Waals surface area contributed by atoms with Gasteiger partial charge < -0.3 is 76.8 Å². The second-order valence-electron chi connectivity index (χ2n) is 24.5. The zero-order valence-electron chi connectivity index (χ0n) is 42.3. The van der Waals surface area contributed by atoms with Gasteiger partial charge in [-0.25, -0.2) is 4.98 Å². The molecule has 5 aliphatic carbocycles. The lowest BCUT2D eigenvalue weighted by Crippen LogP contribution is -2.73. The molecule has 0 spiro atoms. The molecular weight excluding hydrogens is 903 g/mol. The lowest BCUT2D eigenvalue weighted by molar-refractivity contribution is -0.341. The second-order valence-corrected chi connectivity index (χ2v) is 24.5. The van der Waals surface area contributed by atoms with Gasteiger partial charge in [0.1, 0.15) is 24.5 Å². The first-order valence-electron chi connectivity index (χ1n) is 26.1. The molecule has 1 aromatic rings. The minimum Gasteiger partial charge on any atom is -0.481 e. The highest BCUT2D eigenvalue weighted by molar-refractivity contribution is 5.82. The molecule has 2 saturated heterocycles. The number of aromatic amines is 1. The Morgan fingerprint density at radius 1 is 1.01 bits per heavy atom. The summed E-state index contributed by atoms with van der Waals surface area (Å²) < 4.78 is 12.5. The smallest absolute Gasteiger partial charge is 0.310 e. The number of nitrogens with two attached hydrogens (primary N) is 1. The molecule has 396 valence electrons. The first kappa shape index (κ1) is 53.7. The number of carbonyl (C=O) groups excluding carboxylic acids is 1. The number of aliphatic hydroxyl groups is 8. The van der Waals surface area contributed by atoms with Crippen LogP contribution < -0.4 is 16.4 Å². The Hall–Kier alpha value is -2.59. The van der Waals surface area contributed by atoms with E-state index in [1.807, 2.05) is 6.92 Å². The lowest BCUT2D eigenvalue weighted by Gasteiger charge is -2.74. The molecule has 18 nitrogen and oxygen atoms in total. The molecule has 18 heteroatoms. The molecule has 8 rings (SSSR count). The van der Waals surface area contributed by atoms with E-state index in [1.165, 1.54) is 0 Å². The largest absolute Gasteiger partial charge is 0.481 e. The van der Waals surface area contributed by atoms with Gasteiger partial charge in [-0.05, 0) is 122 Å². The third-order valence-corrected chi connectivity index (χ3v) is 21.5. The van der Waals surface area contributed by atoms with Gasteiger partial charge in [0, 0.05) is 48.3 Å². The Labute approximate surface area is 412 Å². The molecule has 23 atom stereocenters. The zero-order chi connectivity index (χ0) is 51.1. The number of carboxylic acid groups (broad SMARTS) is 1. The summed E-state index contributed by atoms with van der Waals surface area (Å²) in [4.78, 5) is 35.5. The van der Waals surface area contributed by atoms with E-state index in [-0.39, 0.29) is 49.2 Å². The van der Waals surface area contributed by atoms with Crippen LogP contribution in [0, 0.1) is 79.8 Å². The third-order valence-electron chi connectivity index (χ3n) is 21.5. The number of rotatable bonds is 16. The van der Waals surface area contributed by atoms with Gasteiger partial charge in [-0.15, -0.1) is 0 Å². The summed E-state index contributed by atoms with van der Waals surface area (Å²) in [6.07, 6.45) is 0.922. The summed E-state index contributed by atoms with van der Waals surface area (Å²) in [5, 5.41) is 108. The second kappa shape index (κ2) is 19.6. The van der Waals surface area contributed by atoms with E-state index in [2.05, 4.69) is 61.3 Å². The Morgan fingerprint density at radius 3 is 2.34 bits per heavy atom. The van der Waals surface area contributed by atoms with E-state index in [0.29, 0.717) is 63.6 Å². The summed E-state index contributed by atoms with van der Waals surface area (Å²) in [5.74, 6) is -5.08. The molecule has 0 bridgehead atoms. The topological polar surface area (TPSA) is 313 Å². The van der Waals surface area contributed by atoms with Crippen molar-refractivity contribution >= 4 is 11.9 Å². The van der Waals surface area contributed by atoms with Crippen molar-refractivity contribution in [3.8, 4) is 0 Å². The molecule has 6 fully saturated rings. The molecular formula is C52H85N5O13. The number of H-pyrrole nitrogens is 1. The van der Waals surface area contributed by atoms with Crippen molar-refractivity contribution in [1.29, 1.82) is 0 Å². The molecule has 4 saturated carbocycles. The summed E-state index contributed by atoms with van der Waals surface area (Å²) in [6, 6.07) is -0.632. The van der Waals surface area contributed by atoms with Crippen LogP contribution in [0.4, 0.5) is 0 Å². The molecule has 2 aliphatic heterocycles. The number of imidazole rings is 1. The van der Waals surface area contributed by atoms with Crippen LogP contribution in [0.5, 0.6) is 0 Å². The SMILES string of the molecule is CCC1CC2(C(=O)O)CCC(C)(CO)CC2C2=CCC3C4(C)C(CC5C(CO)C(=O)NC5C(CC(CNC)C(N)O)c5cnc[nH]5)C(O)C(OC5OCC(O)C(O)C5O)C(C)(CO)C4CCC3(C)C21C. The number of ether oxygens (including phenoxy) is 2. The van der Waals surface area contributed by atoms with Crippen LogP contribution in [0.25, 0.3) is 0 Å². The number of allylic oxidation sites excluding steroid dienone is 2. The van der Waals surface area contributed by atoms with Gasteiger partial charge in [0.2, 0.25) is 5.91 Å². The number of hydrogen-bond acceptors (Lipinski definition) is 15. The monoisotopic (exact) mass is 988 g/mol. The number of nitrogens with one attached hydrogen (secondary N) is 3. The molecule has 3 heterocycles. The number of amides is 1. The number of aromatic nitrogens is 2. The molecule has 14 N–H and O–H groups in total. The van der Waals surface area contributed by atoms with Crippen LogP contribution in [-0.2, 0) is 19.1 Å². The predicted octanol–water partition coefficient (Wildman–Crippen LogP) is 1.60. The van der Waals surface area contributed by atoms with Crippen LogP contribution in [0.1, 0.15) is 117 Å². The molecule has 70 heavy (non-hydrogen) atoms. The first-order chi connectivity index (χ1) is 33.0. The molecule has 23 unspecified atom stereocenters. The Balaban J connectivity index is 1.29. The van der Waals surface area contributed by atoms with Crippen molar-refractivity contribution in [1.82, 2.24) is 20.6 Å². The van der Waals surface area contributed by atoms with Gasteiger partial charge in [-0.2, -0.15) is 0 Å². The molecule has 0 aromatic carbocycles. The van der Waals surface area contributed by atoms with Gasteiger partial charge in [-0.3, -0.25) is 9.59 Å². The van der Waals surface area contributed by atoms with E-state index in [9.17, 15) is 55.5 Å². The van der Waals surface area contributed by atoms with E-state index >= 15 is 0 Å². The van der Waals surface area contributed by atoms with Gasteiger partial charge >= 0.3 is 5.97 Å². The Kier molecular flexibility index (Phi) is 15.0. The summed E-state index contributed by atoms with van der Waals surface area (Å²) in [7, 11) is 1.77. The van der Waals surface area contributed by atoms with Crippen molar-refractivity contribution in [3.05, 3.63) is 29.9 Å². The van der Waals surface area contributed by atoms with Crippen LogP contribution in [0.15, 0.2) is 24.2 Å². The fourth-order valence-corrected chi connectivity index (χ4v) is 17.3. The van der Waals surface area contributed by atoms with Gasteiger partial charge in [-0.1, -0.05) is 59.6 Å². The van der Waals surface area contributed by atoms with E-state index < -0.39 is 130 Å². The normalized spacial score (nSPS) is 48.2. The lowest BCUT2D eigenvalue weighted by atomic mass is 9.30. The highest BCUT2D eigenvalue weighted by Gasteiger charge is 2.75. The molecule has 1 amide bonds. The third kappa shape index (κ3) is 8.07. The minimum atomic E-state index is -1.68. The number of hydrogen-bond donors (Lipinski definition) is 13. The standard InChI is InChI=1S/C52H85N5O13/c1-8-27-17-52(46(67)68)14-13-47(2,23-59)18-33(52)31-9-10-37-49(4,51(27,31)6)12-11-36-48(3,24-60)42(70-45-41(64)40(63)35(61)22-69-45)39(62)32(50(36,37)5)16-28-30(21-58)44(66)57-38(28)29(34-20-55-25-56-34)15-26(19-54-7)43(53)65/h9,20,25-30,32-33,35-43,45,54,58-65H,8,10-19,21-24,53H2,1-7H3,(H,55,56)(H,57,66)(H,67,68). The molecule has 7 aliphatic rings. The van der Waals surface area contributed by atoms with Gasteiger partial charge in [0.05, 0.1) is 49.7 Å². The highest BCUT2D eigenvalue weighted by Crippen LogP contribution is 2.78. The van der Waals surface area contributed by atoms with Crippen molar-refractivity contribution in [3.63, 3.8) is 0 Å². The highest BCUT2D eigenvalue weighted by atomic mass is 16.7. The van der Waals surface area contributed by atoms with Crippen molar-refractivity contribution in [2.24, 2.45) is 85.6 Å². The number of carbonyl (C=O) groups is 2. The number of aliphatic carboxylic acids is 1. The number of carboxylic acids is 1. The fraction of sp³-hybridized carbons (Fsp3) is 0.865. The quantitative estimate of drug-likeness (QED) is 0.0636. The van der Waals surface area contributed by atoms with Crippen LogP contribution in [0.2, 0.25) is 0 Å². The number of fused-ring (bicyclic) bond motifs is 7. The number of aliphatic hydroxyl groups excluding tert-OH is 8. The first-order valence-corrected chi connectivity index (χ1v) is 26.1. The maximum atomic E-state index is 14.2. The van der Waals surface area contributed by atoms with Crippen molar-refractivity contribution in [2.75, 3.05) is 40.0 Å². The van der Waals surface area contributed by atoms with Crippen molar-refractivity contribution in [2.45, 2.75) is 161 Å². The fourth-order valence-electron chi connectivity index (χ4n) is 17.3. The van der Waals surface area contributed by atoms with Crippen molar-refractivity contribution < 1.29 is 65.0 Å². The zero-order valence-corrected chi connectivity index (χ0v) is 42.3. The predicted molar refractivity (Wildman–Crippen MR) is 256 cm³/mol. The van der Waals surface area contributed by atoms with Crippen LogP contribution in [-0.4, -0.2) is 157 Å². The summed E-state index contributed by atoms with van der Waals surface area (Å²) in [6.45, 7) is 12.1. The van der Waals surface area contributed by atoms with E-state index in [0.717, 1.165) is 12.0 Å². The molecule has 0 radical (unpaired) electrons. The van der Waals surface area contributed by atoms with Crippen LogP contribution >= 0.6 is 0 Å². The summed E-state index contributed by atoms with van der Waals surface area (Å²) in [5.41, 5.74) is 3.62. The van der Waals surface area contributed by atoms with Crippen LogP contribution in [0.3, 0.4) is 0 Å². The van der Waals surface area contributed by atoms with E-state index in [4.69, 9.17) is 15.2 Å². The average Bonchev–Trinajstić information content (AvgIpc) is 3.98. The van der Waals surface area contributed by atoms with E-state index in [1.54, 1.807) is 19.6 Å². The average molecular weight is 988 g/mol. The summed E-state index contributed by atoms with van der Waals surface area (Å²) >= 11 is 0. The Bertz CT molecular complexity index is 2060. The maximum absolute atomic E-state index is 14.2. The maximum Gasteiger partial charge on any atom is 0.310 e. The minimum absolute atomic E-state index is 0.0186. The van der Waals surface area contributed by atoms with Gasteiger partial charge in [0.25, 0.3) is 0 Å².